The molecule has 0 spiro atoms. The predicted molar refractivity (Wildman–Crippen MR) is 48.2 cm³/mol. The molecule has 0 bridgehead atoms. The van der Waals surface area contributed by atoms with E-state index < -0.39 is 0 Å². The summed E-state index contributed by atoms with van der Waals surface area (Å²) in [6, 6.07) is 4.84. The number of nitrogens with one attached hydrogen (secondary N) is 1. The average molecular weight is 179 g/mol. The molecule has 1 N–H and O–H groups in total. The van der Waals surface area contributed by atoms with Gasteiger partial charge in [-0.1, -0.05) is 6.07 Å². The fraction of sp³-hybridized carbons (Fsp3) is 0.300. The van der Waals surface area contributed by atoms with E-state index in [0.717, 1.165) is 5.69 Å². The quantitative estimate of drug-likeness (QED) is 0.657. The Morgan fingerprint density at radius 3 is 3.08 bits per heavy atom. The number of ketones is 1. The van der Waals surface area contributed by atoms with Crippen molar-refractivity contribution in [2.24, 2.45) is 0 Å². The van der Waals surface area contributed by atoms with Gasteiger partial charge in [-0.25, -0.2) is 4.39 Å². The third-order valence-electron chi connectivity index (χ3n) is 2.21. The van der Waals surface area contributed by atoms with Gasteiger partial charge in [0.1, 0.15) is 11.6 Å². The van der Waals surface area contributed by atoms with Gasteiger partial charge < -0.3 is 5.32 Å². The molecule has 3 heteroatoms. The largest absolute Gasteiger partial charge is 0.384 e. The van der Waals surface area contributed by atoms with Crippen LogP contribution >= 0.6 is 0 Å². The van der Waals surface area contributed by atoms with Gasteiger partial charge >= 0.3 is 0 Å². The van der Waals surface area contributed by atoms with E-state index in [0.29, 0.717) is 18.5 Å². The lowest BCUT2D eigenvalue weighted by Gasteiger charge is -2.06. The lowest BCUT2D eigenvalue weighted by Crippen LogP contribution is -2.03. The number of rotatable bonds is 0. The van der Waals surface area contributed by atoms with Crippen LogP contribution in [-0.2, 0) is 11.2 Å². The van der Waals surface area contributed by atoms with Crippen molar-refractivity contribution in [2.75, 3.05) is 11.9 Å². The van der Waals surface area contributed by atoms with Crippen LogP contribution in [0.5, 0.6) is 0 Å². The van der Waals surface area contributed by atoms with Crippen molar-refractivity contribution in [2.45, 2.75) is 12.8 Å². The second kappa shape index (κ2) is 3.17. The number of hydrogen-bond donors (Lipinski definition) is 1. The molecule has 1 aromatic rings. The summed E-state index contributed by atoms with van der Waals surface area (Å²) < 4.78 is 13.2. The van der Waals surface area contributed by atoms with Crippen molar-refractivity contribution < 1.29 is 9.18 Å². The van der Waals surface area contributed by atoms with Crippen LogP contribution in [0.4, 0.5) is 10.1 Å². The van der Waals surface area contributed by atoms with Crippen molar-refractivity contribution in [3.8, 4) is 0 Å². The highest BCUT2D eigenvalue weighted by atomic mass is 19.1. The second-order valence-electron chi connectivity index (χ2n) is 3.16. The van der Waals surface area contributed by atoms with Gasteiger partial charge in [-0.15, -0.1) is 0 Å². The van der Waals surface area contributed by atoms with Gasteiger partial charge in [-0.3, -0.25) is 4.79 Å². The SMILES string of the molecule is O=C1CCNc2cccc(F)c2C1. The summed E-state index contributed by atoms with van der Waals surface area (Å²) in [5, 5.41) is 3.04. The van der Waals surface area contributed by atoms with E-state index in [-0.39, 0.29) is 18.0 Å². The molecule has 0 saturated carbocycles. The van der Waals surface area contributed by atoms with Gasteiger partial charge in [0, 0.05) is 30.6 Å². The molecule has 1 aliphatic heterocycles. The van der Waals surface area contributed by atoms with Gasteiger partial charge in [-0.2, -0.15) is 0 Å². The average Bonchev–Trinajstić information content (AvgIpc) is 2.28. The fourth-order valence-corrected chi connectivity index (χ4v) is 1.53. The Balaban J connectivity index is 2.46. The highest BCUT2D eigenvalue weighted by molar-refractivity contribution is 5.84. The first kappa shape index (κ1) is 8.23. The van der Waals surface area contributed by atoms with Crippen LogP contribution in [-0.4, -0.2) is 12.3 Å². The molecule has 0 aromatic heterocycles. The number of carbonyl (C=O) groups is 1. The number of hydrogen-bond acceptors (Lipinski definition) is 2. The number of carbonyl (C=O) groups excluding carboxylic acids is 1. The Morgan fingerprint density at radius 1 is 1.38 bits per heavy atom. The Morgan fingerprint density at radius 2 is 2.23 bits per heavy atom. The molecule has 1 heterocycles. The van der Waals surface area contributed by atoms with Gasteiger partial charge in [0.15, 0.2) is 0 Å². The lowest BCUT2D eigenvalue weighted by molar-refractivity contribution is -0.118. The Hall–Kier alpha value is -1.38. The molecule has 0 fully saturated rings. The molecule has 0 unspecified atom stereocenters. The Labute approximate surface area is 75.8 Å². The Bertz CT molecular complexity index is 349. The summed E-state index contributed by atoms with van der Waals surface area (Å²) in [5.41, 5.74) is 1.26. The van der Waals surface area contributed by atoms with Crippen molar-refractivity contribution in [1.29, 1.82) is 0 Å². The normalized spacial score (nSPS) is 15.9. The van der Waals surface area contributed by atoms with E-state index in [1.807, 2.05) is 0 Å². The number of fused-ring (bicyclic) bond motifs is 1. The van der Waals surface area contributed by atoms with Crippen LogP contribution in [0.15, 0.2) is 18.2 Å². The molecule has 1 aliphatic rings. The minimum Gasteiger partial charge on any atom is -0.384 e. The van der Waals surface area contributed by atoms with Gasteiger partial charge in [0.05, 0.1) is 0 Å². The first-order valence-electron chi connectivity index (χ1n) is 4.30. The van der Waals surface area contributed by atoms with E-state index in [9.17, 15) is 9.18 Å². The number of anilines is 1. The third-order valence-corrected chi connectivity index (χ3v) is 2.21. The van der Waals surface area contributed by atoms with Crippen molar-refractivity contribution in [1.82, 2.24) is 0 Å². The van der Waals surface area contributed by atoms with Crippen LogP contribution in [0, 0.1) is 5.82 Å². The lowest BCUT2D eigenvalue weighted by atomic mass is 10.1. The molecule has 0 aliphatic carbocycles. The highest BCUT2D eigenvalue weighted by Gasteiger charge is 2.15. The zero-order valence-corrected chi connectivity index (χ0v) is 7.14. The highest BCUT2D eigenvalue weighted by Crippen LogP contribution is 2.22. The first-order chi connectivity index (χ1) is 6.27. The molecule has 2 rings (SSSR count). The van der Waals surface area contributed by atoms with E-state index in [1.54, 1.807) is 12.1 Å². The second-order valence-corrected chi connectivity index (χ2v) is 3.16. The van der Waals surface area contributed by atoms with Crippen LogP contribution in [0.3, 0.4) is 0 Å². The van der Waals surface area contributed by atoms with Crippen LogP contribution in [0.25, 0.3) is 0 Å². The summed E-state index contributed by atoms with van der Waals surface area (Å²) in [6.45, 7) is 0.606. The van der Waals surface area contributed by atoms with Gasteiger partial charge in [0.25, 0.3) is 0 Å². The summed E-state index contributed by atoms with van der Waals surface area (Å²) in [5.74, 6) is -0.198. The Kier molecular flexibility index (Phi) is 2.00. The van der Waals surface area contributed by atoms with Crippen LogP contribution in [0.1, 0.15) is 12.0 Å². The molecular formula is C10H10FNO. The predicted octanol–water partition coefficient (Wildman–Crippen LogP) is 1.75. The van der Waals surface area contributed by atoms with Crippen molar-refractivity contribution in [3.63, 3.8) is 0 Å². The summed E-state index contributed by atoms with van der Waals surface area (Å²) in [7, 11) is 0. The van der Waals surface area contributed by atoms with Crippen molar-refractivity contribution >= 4 is 11.5 Å². The molecule has 68 valence electrons. The smallest absolute Gasteiger partial charge is 0.139 e. The minimum absolute atomic E-state index is 0.0938. The molecule has 0 saturated heterocycles. The number of benzene rings is 1. The molecular weight excluding hydrogens is 169 g/mol. The number of halogens is 1. The maximum Gasteiger partial charge on any atom is 0.139 e. The summed E-state index contributed by atoms with van der Waals surface area (Å²) >= 11 is 0. The van der Waals surface area contributed by atoms with E-state index >= 15 is 0 Å². The van der Waals surface area contributed by atoms with E-state index in [1.165, 1.54) is 6.07 Å². The summed E-state index contributed by atoms with van der Waals surface area (Å²) in [6.07, 6.45) is 0.698. The maximum atomic E-state index is 13.2. The van der Waals surface area contributed by atoms with Crippen LogP contribution < -0.4 is 5.32 Å². The van der Waals surface area contributed by atoms with E-state index in [2.05, 4.69) is 5.32 Å². The topological polar surface area (TPSA) is 29.1 Å². The molecule has 0 atom stereocenters. The standard InChI is InChI=1S/C10H10FNO/c11-9-2-1-3-10-8(9)6-7(13)4-5-12-10/h1-3,12H,4-6H2. The fourth-order valence-electron chi connectivity index (χ4n) is 1.53. The van der Waals surface area contributed by atoms with E-state index in [4.69, 9.17) is 0 Å². The molecule has 1 aromatic carbocycles. The first-order valence-corrected chi connectivity index (χ1v) is 4.30. The molecule has 13 heavy (non-hydrogen) atoms. The van der Waals surface area contributed by atoms with Gasteiger partial charge in [0.2, 0.25) is 0 Å². The monoisotopic (exact) mass is 179 g/mol. The zero-order chi connectivity index (χ0) is 9.26. The molecule has 2 nitrogen and oxygen atoms in total. The van der Waals surface area contributed by atoms with Crippen LogP contribution in [0.2, 0.25) is 0 Å². The van der Waals surface area contributed by atoms with Crippen molar-refractivity contribution in [3.05, 3.63) is 29.6 Å². The third kappa shape index (κ3) is 1.54. The summed E-state index contributed by atoms with van der Waals surface area (Å²) in [4.78, 5) is 11.2. The maximum absolute atomic E-state index is 13.2. The molecule has 0 radical (unpaired) electrons. The number of Topliss-reactive ketones (excluding diaryl/α,β-unsaturated/α-hetero) is 1. The zero-order valence-electron chi connectivity index (χ0n) is 7.14. The minimum atomic E-state index is -0.291. The van der Waals surface area contributed by atoms with Gasteiger partial charge in [-0.05, 0) is 12.1 Å². The molecule has 0 amide bonds.